The summed E-state index contributed by atoms with van der Waals surface area (Å²) in [4.78, 5) is 15.7. The fourth-order valence-corrected chi connectivity index (χ4v) is 2.05. The average molecular weight is 281 g/mol. The molecule has 0 atom stereocenters. The molecule has 100 valence electrons. The minimum Gasteiger partial charge on any atom is -0.497 e. The molecule has 0 unspecified atom stereocenters. The molecule has 1 amide bonds. The van der Waals surface area contributed by atoms with E-state index in [-0.39, 0.29) is 18.0 Å². The van der Waals surface area contributed by atoms with Crippen molar-refractivity contribution in [2.75, 3.05) is 18.2 Å². The molecule has 0 spiro atoms. The SMILES string of the molecule is COc1ccc(F)c(NC(=O)Cc2csc(N)n2)c1. The zero-order chi connectivity index (χ0) is 13.8. The first-order chi connectivity index (χ1) is 9.08. The summed E-state index contributed by atoms with van der Waals surface area (Å²) < 4.78 is 18.5. The molecule has 0 saturated carbocycles. The molecule has 7 heteroatoms. The van der Waals surface area contributed by atoms with Gasteiger partial charge in [-0.2, -0.15) is 0 Å². The first-order valence-corrected chi connectivity index (χ1v) is 6.29. The number of aromatic nitrogens is 1. The minimum absolute atomic E-state index is 0.0460. The minimum atomic E-state index is -0.521. The molecule has 0 aliphatic rings. The molecule has 0 radical (unpaired) electrons. The lowest BCUT2D eigenvalue weighted by Gasteiger charge is -2.07. The summed E-state index contributed by atoms with van der Waals surface area (Å²) in [6.45, 7) is 0. The summed E-state index contributed by atoms with van der Waals surface area (Å²) in [5.74, 6) is -0.418. The lowest BCUT2D eigenvalue weighted by molar-refractivity contribution is -0.115. The molecule has 0 bridgehead atoms. The molecule has 1 heterocycles. The largest absolute Gasteiger partial charge is 0.497 e. The Bertz CT molecular complexity index is 600. The highest BCUT2D eigenvalue weighted by atomic mass is 32.1. The molecular weight excluding hydrogens is 269 g/mol. The second-order valence-corrected chi connectivity index (χ2v) is 4.64. The number of amides is 1. The molecule has 0 aliphatic carbocycles. The number of nitrogens with two attached hydrogens (primary N) is 1. The highest BCUT2D eigenvalue weighted by molar-refractivity contribution is 7.13. The third-order valence-electron chi connectivity index (χ3n) is 2.36. The third-order valence-corrected chi connectivity index (χ3v) is 3.08. The van der Waals surface area contributed by atoms with Crippen LogP contribution in [0.3, 0.4) is 0 Å². The number of hydrogen-bond acceptors (Lipinski definition) is 5. The fourth-order valence-electron chi connectivity index (χ4n) is 1.49. The van der Waals surface area contributed by atoms with E-state index in [9.17, 15) is 9.18 Å². The number of rotatable bonds is 4. The fraction of sp³-hybridized carbons (Fsp3) is 0.167. The molecule has 3 N–H and O–H groups in total. The van der Waals surface area contributed by atoms with Crippen LogP contribution in [0.2, 0.25) is 0 Å². The van der Waals surface area contributed by atoms with E-state index in [2.05, 4.69) is 10.3 Å². The zero-order valence-electron chi connectivity index (χ0n) is 10.1. The maximum absolute atomic E-state index is 13.5. The van der Waals surface area contributed by atoms with Crippen molar-refractivity contribution in [2.24, 2.45) is 0 Å². The normalized spacial score (nSPS) is 10.2. The predicted octanol–water partition coefficient (Wildman–Crippen LogP) is 2.05. The van der Waals surface area contributed by atoms with Gasteiger partial charge in [-0.1, -0.05) is 0 Å². The molecule has 0 saturated heterocycles. The van der Waals surface area contributed by atoms with E-state index in [1.54, 1.807) is 5.38 Å². The highest BCUT2D eigenvalue weighted by Gasteiger charge is 2.10. The Morgan fingerprint density at radius 3 is 3.00 bits per heavy atom. The van der Waals surface area contributed by atoms with Crippen molar-refractivity contribution >= 4 is 28.1 Å². The van der Waals surface area contributed by atoms with Gasteiger partial charge < -0.3 is 15.8 Å². The number of methoxy groups -OCH3 is 1. The van der Waals surface area contributed by atoms with Crippen LogP contribution in [0.1, 0.15) is 5.69 Å². The standard InChI is InChI=1S/C12H12FN3O2S/c1-18-8-2-3-9(13)10(5-8)16-11(17)4-7-6-19-12(14)15-7/h2-3,5-6H,4H2,1H3,(H2,14,15)(H,16,17). The van der Waals surface area contributed by atoms with E-state index < -0.39 is 5.82 Å². The van der Waals surface area contributed by atoms with E-state index in [4.69, 9.17) is 10.5 Å². The Morgan fingerprint density at radius 1 is 1.58 bits per heavy atom. The Balaban J connectivity index is 2.06. The third kappa shape index (κ3) is 3.41. The summed E-state index contributed by atoms with van der Waals surface area (Å²) in [5, 5.41) is 4.56. The van der Waals surface area contributed by atoms with Crippen LogP contribution in [0.5, 0.6) is 5.75 Å². The summed E-state index contributed by atoms with van der Waals surface area (Å²) in [6, 6.07) is 4.13. The number of carbonyl (C=O) groups excluding carboxylic acids is 1. The molecule has 2 rings (SSSR count). The smallest absolute Gasteiger partial charge is 0.230 e. The monoisotopic (exact) mass is 281 g/mol. The number of nitrogens with one attached hydrogen (secondary N) is 1. The molecule has 1 aromatic carbocycles. The number of hydrogen-bond donors (Lipinski definition) is 2. The van der Waals surface area contributed by atoms with Gasteiger partial charge in [0.05, 0.1) is 24.9 Å². The van der Waals surface area contributed by atoms with Gasteiger partial charge in [-0.25, -0.2) is 9.37 Å². The summed E-state index contributed by atoms with van der Waals surface area (Å²) >= 11 is 1.25. The molecular formula is C12H12FN3O2S. The van der Waals surface area contributed by atoms with Gasteiger partial charge in [-0.3, -0.25) is 4.79 Å². The quantitative estimate of drug-likeness (QED) is 0.899. The number of nitrogens with zero attached hydrogens (tertiary/aromatic N) is 1. The van der Waals surface area contributed by atoms with Crippen molar-refractivity contribution in [3.63, 3.8) is 0 Å². The number of halogens is 1. The second-order valence-electron chi connectivity index (χ2n) is 3.75. The van der Waals surface area contributed by atoms with Crippen molar-refractivity contribution in [3.05, 3.63) is 35.1 Å². The Hall–Kier alpha value is -2.15. The van der Waals surface area contributed by atoms with Crippen molar-refractivity contribution in [1.29, 1.82) is 0 Å². The highest BCUT2D eigenvalue weighted by Crippen LogP contribution is 2.21. The molecule has 2 aromatic rings. The van der Waals surface area contributed by atoms with E-state index in [0.29, 0.717) is 16.6 Å². The predicted molar refractivity (Wildman–Crippen MR) is 71.8 cm³/mol. The van der Waals surface area contributed by atoms with Crippen molar-refractivity contribution in [3.8, 4) is 5.75 Å². The van der Waals surface area contributed by atoms with Gasteiger partial charge in [0.15, 0.2) is 5.13 Å². The Kier molecular flexibility index (Phi) is 3.96. The van der Waals surface area contributed by atoms with Crippen LogP contribution in [0.4, 0.5) is 15.2 Å². The number of thiazole rings is 1. The number of anilines is 2. The Morgan fingerprint density at radius 2 is 2.37 bits per heavy atom. The number of nitrogen functional groups attached to an aromatic ring is 1. The van der Waals surface area contributed by atoms with E-state index in [1.165, 1.54) is 36.6 Å². The molecule has 1 aromatic heterocycles. The first-order valence-electron chi connectivity index (χ1n) is 5.42. The zero-order valence-corrected chi connectivity index (χ0v) is 11.0. The van der Waals surface area contributed by atoms with Gasteiger partial charge in [0.2, 0.25) is 5.91 Å². The first kappa shape index (κ1) is 13.3. The van der Waals surface area contributed by atoms with Crippen LogP contribution in [0.15, 0.2) is 23.6 Å². The molecule has 19 heavy (non-hydrogen) atoms. The van der Waals surface area contributed by atoms with Crippen LogP contribution < -0.4 is 15.8 Å². The summed E-state index contributed by atoms with van der Waals surface area (Å²) in [6.07, 6.45) is 0.0460. The van der Waals surface area contributed by atoms with E-state index in [1.807, 2.05) is 0 Å². The van der Waals surface area contributed by atoms with E-state index >= 15 is 0 Å². The van der Waals surface area contributed by atoms with Crippen LogP contribution in [0.25, 0.3) is 0 Å². The summed E-state index contributed by atoms with van der Waals surface area (Å²) in [7, 11) is 1.47. The van der Waals surface area contributed by atoms with Crippen LogP contribution in [-0.4, -0.2) is 18.0 Å². The van der Waals surface area contributed by atoms with Crippen molar-refractivity contribution in [2.45, 2.75) is 6.42 Å². The lowest BCUT2D eigenvalue weighted by atomic mass is 10.2. The average Bonchev–Trinajstić information content (AvgIpc) is 2.77. The van der Waals surface area contributed by atoms with E-state index in [0.717, 1.165) is 0 Å². The van der Waals surface area contributed by atoms with Gasteiger partial charge in [0.1, 0.15) is 11.6 Å². The topological polar surface area (TPSA) is 77.2 Å². The van der Waals surface area contributed by atoms with Gasteiger partial charge in [-0.05, 0) is 12.1 Å². The van der Waals surface area contributed by atoms with Crippen LogP contribution in [0, 0.1) is 5.82 Å². The van der Waals surface area contributed by atoms with Crippen molar-refractivity contribution < 1.29 is 13.9 Å². The molecule has 0 fully saturated rings. The maximum atomic E-state index is 13.5. The number of carbonyl (C=O) groups is 1. The van der Waals surface area contributed by atoms with Gasteiger partial charge in [0.25, 0.3) is 0 Å². The van der Waals surface area contributed by atoms with Gasteiger partial charge in [0, 0.05) is 11.4 Å². The molecule has 0 aliphatic heterocycles. The number of benzene rings is 1. The van der Waals surface area contributed by atoms with Gasteiger partial charge in [-0.15, -0.1) is 11.3 Å². The molecule has 5 nitrogen and oxygen atoms in total. The number of ether oxygens (including phenoxy) is 1. The van der Waals surface area contributed by atoms with Crippen LogP contribution in [-0.2, 0) is 11.2 Å². The Labute approximate surface area is 113 Å². The lowest BCUT2D eigenvalue weighted by Crippen LogP contribution is -2.15. The summed E-state index contributed by atoms with van der Waals surface area (Å²) in [5.41, 5.74) is 6.10. The maximum Gasteiger partial charge on any atom is 0.230 e. The van der Waals surface area contributed by atoms with Crippen molar-refractivity contribution in [1.82, 2.24) is 4.98 Å². The second kappa shape index (κ2) is 5.66. The van der Waals surface area contributed by atoms with Crippen LogP contribution >= 0.6 is 11.3 Å². The van der Waals surface area contributed by atoms with Gasteiger partial charge >= 0.3 is 0 Å².